The highest BCUT2D eigenvalue weighted by molar-refractivity contribution is 5.85. The lowest BCUT2D eigenvalue weighted by molar-refractivity contribution is -0.136. The van der Waals surface area contributed by atoms with Crippen LogP contribution in [0.2, 0.25) is 0 Å². The first kappa shape index (κ1) is 16.4. The van der Waals surface area contributed by atoms with E-state index in [0.29, 0.717) is 6.42 Å². The number of carbonyl (C=O) groups is 2. The average molecular weight is 333 g/mol. The molecule has 0 radical (unpaired) electrons. The molecule has 0 atom stereocenters. The quantitative estimate of drug-likeness (QED) is 0.821. The molecule has 5 heteroatoms. The number of likely N-dealkylation sites (tertiary alicyclic amines) is 1. The summed E-state index contributed by atoms with van der Waals surface area (Å²) in [5.41, 5.74) is 6.13. The van der Waals surface area contributed by atoms with Crippen LogP contribution < -0.4 is 11.1 Å². The second-order valence-electron chi connectivity index (χ2n) is 9.09. The van der Waals surface area contributed by atoms with Gasteiger partial charge in [0, 0.05) is 25.6 Å². The molecule has 1 saturated heterocycles. The Labute approximate surface area is 144 Å². The summed E-state index contributed by atoms with van der Waals surface area (Å²) in [5, 5.41) is 2.90. The third-order valence-electron chi connectivity index (χ3n) is 7.03. The number of rotatable bonds is 4. The van der Waals surface area contributed by atoms with Gasteiger partial charge in [-0.25, -0.2) is 0 Å². The maximum Gasteiger partial charge on any atom is 0.241 e. The van der Waals surface area contributed by atoms with E-state index in [1.807, 2.05) is 4.90 Å². The minimum Gasteiger partial charge on any atom is -0.347 e. The lowest BCUT2D eigenvalue weighted by atomic mass is 9.49. The number of hydrogen-bond acceptors (Lipinski definition) is 3. The van der Waals surface area contributed by atoms with E-state index in [0.717, 1.165) is 43.7 Å². The Kier molecular flexibility index (Phi) is 4.31. The smallest absolute Gasteiger partial charge is 0.241 e. The van der Waals surface area contributed by atoms with Crippen LogP contribution in [0.5, 0.6) is 0 Å². The van der Waals surface area contributed by atoms with Gasteiger partial charge in [-0.2, -0.15) is 0 Å². The van der Waals surface area contributed by atoms with E-state index in [9.17, 15) is 9.59 Å². The molecule has 5 rings (SSSR count). The van der Waals surface area contributed by atoms with Gasteiger partial charge in [0.2, 0.25) is 11.8 Å². The van der Waals surface area contributed by atoms with E-state index in [1.165, 1.54) is 38.5 Å². The van der Waals surface area contributed by atoms with Gasteiger partial charge < -0.3 is 16.0 Å². The standard InChI is InChI=1S/C19H31N3O2/c20-16-1-3-22(4-2-16)18(24)12-21-17(23)11-19-8-13-5-14(9-19)7-15(6-13)10-19/h13-16H,1-12,20H2,(H,21,23). The predicted molar refractivity (Wildman–Crippen MR) is 92.0 cm³/mol. The lowest BCUT2D eigenvalue weighted by Gasteiger charge is -2.56. The maximum atomic E-state index is 12.5. The lowest BCUT2D eigenvalue weighted by Crippen LogP contribution is -2.49. The van der Waals surface area contributed by atoms with E-state index in [4.69, 9.17) is 5.73 Å². The highest BCUT2D eigenvalue weighted by Gasteiger charge is 2.51. The van der Waals surface area contributed by atoms with Crippen LogP contribution in [-0.4, -0.2) is 42.4 Å². The second-order valence-corrected chi connectivity index (χ2v) is 9.09. The predicted octanol–water partition coefficient (Wildman–Crippen LogP) is 1.66. The van der Waals surface area contributed by atoms with Crippen molar-refractivity contribution in [2.24, 2.45) is 28.9 Å². The summed E-state index contributed by atoms with van der Waals surface area (Å²) in [5.74, 6) is 2.72. The Balaban J connectivity index is 1.26. The van der Waals surface area contributed by atoms with E-state index in [1.54, 1.807) is 0 Å². The van der Waals surface area contributed by atoms with Crippen molar-refractivity contribution in [3.05, 3.63) is 0 Å². The molecule has 5 aliphatic rings. The molecule has 4 saturated carbocycles. The van der Waals surface area contributed by atoms with Crippen LogP contribution in [0, 0.1) is 23.2 Å². The van der Waals surface area contributed by atoms with Crippen molar-refractivity contribution < 1.29 is 9.59 Å². The normalized spacial score (nSPS) is 38.4. The Morgan fingerprint density at radius 3 is 2.08 bits per heavy atom. The Morgan fingerprint density at radius 1 is 1.00 bits per heavy atom. The highest BCUT2D eigenvalue weighted by Crippen LogP contribution is 2.61. The van der Waals surface area contributed by atoms with Crippen molar-refractivity contribution >= 4 is 11.8 Å². The number of amides is 2. The van der Waals surface area contributed by atoms with Crippen LogP contribution in [-0.2, 0) is 9.59 Å². The van der Waals surface area contributed by atoms with E-state index < -0.39 is 0 Å². The van der Waals surface area contributed by atoms with Crippen LogP contribution in [0.4, 0.5) is 0 Å². The topological polar surface area (TPSA) is 75.4 Å². The zero-order valence-corrected chi connectivity index (χ0v) is 14.6. The van der Waals surface area contributed by atoms with Gasteiger partial charge in [-0.15, -0.1) is 0 Å². The van der Waals surface area contributed by atoms with Crippen molar-refractivity contribution in [2.45, 2.75) is 63.8 Å². The number of piperidine rings is 1. The summed E-state index contributed by atoms with van der Waals surface area (Å²) in [6.45, 7) is 1.61. The number of nitrogens with one attached hydrogen (secondary N) is 1. The molecular weight excluding hydrogens is 302 g/mol. The van der Waals surface area contributed by atoms with Gasteiger partial charge in [0.05, 0.1) is 6.54 Å². The van der Waals surface area contributed by atoms with Crippen molar-refractivity contribution in [3.63, 3.8) is 0 Å². The number of nitrogens with two attached hydrogens (primary N) is 1. The minimum absolute atomic E-state index is 0.0424. The third-order valence-corrected chi connectivity index (χ3v) is 7.03. The SMILES string of the molecule is NC1CCN(C(=O)CNC(=O)CC23CC4CC(CC(C4)C2)C3)CC1. The first-order valence-corrected chi connectivity index (χ1v) is 9.81. The average Bonchev–Trinajstić information content (AvgIpc) is 2.51. The molecule has 134 valence electrons. The Morgan fingerprint density at radius 2 is 1.54 bits per heavy atom. The molecule has 0 aromatic rings. The Hall–Kier alpha value is -1.10. The summed E-state index contributed by atoms with van der Waals surface area (Å²) in [6.07, 6.45) is 10.3. The molecule has 0 aromatic carbocycles. The van der Waals surface area contributed by atoms with Gasteiger partial charge in [-0.3, -0.25) is 9.59 Å². The molecule has 4 bridgehead atoms. The molecule has 5 nitrogen and oxygen atoms in total. The van der Waals surface area contributed by atoms with Crippen molar-refractivity contribution in [2.75, 3.05) is 19.6 Å². The molecule has 0 aromatic heterocycles. The van der Waals surface area contributed by atoms with Crippen LogP contribution in [0.3, 0.4) is 0 Å². The van der Waals surface area contributed by atoms with E-state index >= 15 is 0 Å². The highest BCUT2D eigenvalue weighted by atomic mass is 16.2. The summed E-state index contributed by atoms with van der Waals surface area (Å²) < 4.78 is 0. The molecule has 1 aliphatic heterocycles. The van der Waals surface area contributed by atoms with Crippen molar-refractivity contribution in [1.82, 2.24) is 10.2 Å². The zero-order chi connectivity index (χ0) is 16.7. The first-order valence-electron chi connectivity index (χ1n) is 9.81. The van der Waals surface area contributed by atoms with Gasteiger partial charge in [0.1, 0.15) is 0 Å². The minimum atomic E-state index is 0.0424. The molecule has 5 fully saturated rings. The van der Waals surface area contributed by atoms with E-state index in [-0.39, 0.29) is 29.8 Å². The van der Waals surface area contributed by atoms with Crippen molar-refractivity contribution in [3.8, 4) is 0 Å². The monoisotopic (exact) mass is 333 g/mol. The number of hydrogen-bond donors (Lipinski definition) is 2. The molecule has 3 N–H and O–H groups in total. The maximum absolute atomic E-state index is 12.5. The van der Waals surface area contributed by atoms with Gasteiger partial charge >= 0.3 is 0 Å². The number of nitrogens with zero attached hydrogens (tertiary/aromatic N) is 1. The van der Waals surface area contributed by atoms with Gasteiger partial charge in [0.15, 0.2) is 0 Å². The molecule has 4 aliphatic carbocycles. The van der Waals surface area contributed by atoms with Gasteiger partial charge in [-0.1, -0.05) is 0 Å². The molecule has 2 amide bonds. The molecule has 0 unspecified atom stereocenters. The summed E-state index contributed by atoms with van der Waals surface area (Å²) >= 11 is 0. The molecule has 24 heavy (non-hydrogen) atoms. The van der Waals surface area contributed by atoms with Crippen LogP contribution in [0.25, 0.3) is 0 Å². The summed E-state index contributed by atoms with van der Waals surface area (Å²) in [7, 11) is 0. The number of carbonyl (C=O) groups excluding carboxylic acids is 2. The van der Waals surface area contributed by atoms with E-state index in [2.05, 4.69) is 5.32 Å². The molecular formula is C19H31N3O2. The fraction of sp³-hybridized carbons (Fsp3) is 0.895. The largest absolute Gasteiger partial charge is 0.347 e. The summed E-state index contributed by atoms with van der Waals surface area (Å²) in [6, 6.07) is 0.222. The Bertz CT molecular complexity index is 475. The fourth-order valence-electron chi connectivity index (χ4n) is 6.34. The van der Waals surface area contributed by atoms with Crippen LogP contribution >= 0.6 is 0 Å². The van der Waals surface area contributed by atoms with Crippen LogP contribution in [0.15, 0.2) is 0 Å². The van der Waals surface area contributed by atoms with Gasteiger partial charge in [-0.05, 0) is 74.5 Å². The molecule has 1 heterocycles. The van der Waals surface area contributed by atoms with Crippen molar-refractivity contribution in [1.29, 1.82) is 0 Å². The zero-order valence-electron chi connectivity index (χ0n) is 14.6. The third kappa shape index (κ3) is 3.32. The van der Waals surface area contributed by atoms with Crippen LogP contribution in [0.1, 0.15) is 57.8 Å². The first-order chi connectivity index (χ1) is 11.5. The second kappa shape index (κ2) is 6.32. The summed E-state index contributed by atoms with van der Waals surface area (Å²) in [4.78, 5) is 26.6. The van der Waals surface area contributed by atoms with Gasteiger partial charge in [0.25, 0.3) is 0 Å². The fourth-order valence-corrected chi connectivity index (χ4v) is 6.34. The molecule has 0 spiro atoms.